The van der Waals surface area contributed by atoms with E-state index in [0.29, 0.717) is 18.8 Å². The summed E-state index contributed by atoms with van der Waals surface area (Å²) < 4.78 is 0. The van der Waals surface area contributed by atoms with Crippen molar-refractivity contribution in [3.63, 3.8) is 0 Å². The molecule has 15 heavy (non-hydrogen) atoms. The molecule has 0 aliphatic heterocycles. The lowest BCUT2D eigenvalue weighted by atomic mass is 9.99. The Hall–Kier alpha value is -1.55. The Morgan fingerprint density at radius 3 is 2.40 bits per heavy atom. The smallest absolute Gasteiger partial charge is 0.163 e. The third kappa shape index (κ3) is 3.25. The molecule has 0 bridgehead atoms. The molecule has 0 aliphatic carbocycles. The first-order valence-corrected chi connectivity index (χ1v) is 5.21. The number of terminal acetylenes is 1. The van der Waals surface area contributed by atoms with Gasteiger partial charge >= 0.3 is 0 Å². The van der Waals surface area contributed by atoms with Gasteiger partial charge in [0.05, 0.1) is 0 Å². The van der Waals surface area contributed by atoms with Crippen molar-refractivity contribution in [3.8, 4) is 12.3 Å². The minimum absolute atomic E-state index is 0.128. The van der Waals surface area contributed by atoms with Crippen LogP contribution in [0.1, 0.15) is 48.5 Å². The van der Waals surface area contributed by atoms with Gasteiger partial charge in [-0.2, -0.15) is 0 Å². The Labute approximate surface area is 91.5 Å². The number of benzene rings is 1. The third-order valence-electron chi connectivity index (χ3n) is 2.40. The zero-order valence-electron chi connectivity index (χ0n) is 9.29. The Morgan fingerprint density at radius 1 is 1.33 bits per heavy atom. The van der Waals surface area contributed by atoms with Gasteiger partial charge in [-0.1, -0.05) is 38.1 Å². The monoisotopic (exact) mass is 200 g/mol. The largest absolute Gasteiger partial charge is 0.294 e. The molecule has 78 valence electrons. The van der Waals surface area contributed by atoms with E-state index in [1.165, 1.54) is 5.56 Å². The number of ketones is 1. The van der Waals surface area contributed by atoms with E-state index in [9.17, 15) is 4.79 Å². The van der Waals surface area contributed by atoms with Crippen molar-refractivity contribution in [2.45, 2.75) is 32.6 Å². The van der Waals surface area contributed by atoms with E-state index in [1.54, 1.807) is 0 Å². The minimum Gasteiger partial charge on any atom is -0.294 e. The molecule has 0 spiro atoms. The number of hydrogen-bond acceptors (Lipinski definition) is 1. The fourth-order valence-corrected chi connectivity index (χ4v) is 1.38. The molecule has 0 aliphatic rings. The van der Waals surface area contributed by atoms with Gasteiger partial charge in [-0.3, -0.25) is 4.79 Å². The summed E-state index contributed by atoms with van der Waals surface area (Å²) in [5, 5.41) is 0. The van der Waals surface area contributed by atoms with Gasteiger partial charge in [-0.15, -0.1) is 12.3 Å². The van der Waals surface area contributed by atoms with Crippen molar-refractivity contribution in [3.05, 3.63) is 35.4 Å². The average molecular weight is 200 g/mol. The molecular formula is C14H16O. The van der Waals surface area contributed by atoms with E-state index >= 15 is 0 Å². The van der Waals surface area contributed by atoms with Gasteiger partial charge < -0.3 is 0 Å². The number of carbonyl (C=O) groups excluding carboxylic acids is 1. The normalized spacial score (nSPS) is 10.0. The van der Waals surface area contributed by atoms with Crippen LogP contribution in [-0.4, -0.2) is 5.78 Å². The molecule has 0 atom stereocenters. The molecule has 0 amide bonds. The van der Waals surface area contributed by atoms with Crippen LogP contribution in [0.25, 0.3) is 0 Å². The van der Waals surface area contributed by atoms with Crippen molar-refractivity contribution >= 4 is 5.78 Å². The SMILES string of the molecule is C#CCCC(=O)c1ccc(C(C)C)cc1. The first-order chi connectivity index (χ1) is 7.15. The van der Waals surface area contributed by atoms with Gasteiger partial charge in [0.25, 0.3) is 0 Å². The molecule has 0 heterocycles. The van der Waals surface area contributed by atoms with Crippen LogP contribution in [0.3, 0.4) is 0 Å². The Bertz CT molecular complexity index is 365. The average Bonchev–Trinajstić information content (AvgIpc) is 2.26. The zero-order valence-corrected chi connectivity index (χ0v) is 9.29. The van der Waals surface area contributed by atoms with E-state index in [-0.39, 0.29) is 5.78 Å². The summed E-state index contributed by atoms with van der Waals surface area (Å²) in [6.45, 7) is 4.27. The highest BCUT2D eigenvalue weighted by Gasteiger charge is 2.05. The fraction of sp³-hybridized carbons (Fsp3) is 0.357. The standard InChI is InChI=1S/C14H16O/c1-4-5-6-14(15)13-9-7-12(8-10-13)11(2)3/h1,7-11H,5-6H2,2-3H3. The zero-order chi connectivity index (χ0) is 11.3. The molecule has 0 aromatic heterocycles. The highest BCUT2D eigenvalue weighted by atomic mass is 16.1. The van der Waals surface area contributed by atoms with Crippen molar-refractivity contribution in [1.29, 1.82) is 0 Å². The predicted octanol–water partition coefficient (Wildman–Crippen LogP) is 3.41. The van der Waals surface area contributed by atoms with Crippen LogP contribution in [-0.2, 0) is 0 Å². The fourth-order valence-electron chi connectivity index (χ4n) is 1.38. The molecule has 0 N–H and O–H groups in total. The van der Waals surface area contributed by atoms with Gasteiger partial charge in [0.15, 0.2) is 5.78 Å². The first-order valence-electron chi connectivity index (χ1n) is 5.21. The summed E-state index contributed by atoms with van der Waals surface area (Å²) in [5.41, 5.74) is 2.01. The maximum Gasteiger partial charge on any atom is 0.163 e. The van der Waals surface area contributed by atoms with E-state index in [0.717, 1.165) is 5.56 Å². The van der Waals surface area contributed by atoms with E-state index in [1.807, 2.05) is 24.3 Å². The second-order valence-electron chi connectivity index (χ2n) is 3.90. The van der Waals surface area contributed by atoms with Crippen LogP contribution >= 0.6 is 0 Å². The van der Waals surface area contributed by atoms with Gasteiger partial charge in [-0.05, 0) is 11.5 Å². The quantitative estimate of drug-likeness (QED) is 0.537. The topological polar surface area (TPSA) is 17.1 Å². The van der Waals surface area contributed by atoms with Crippen molar-refractivity contribution in [2.24, 2.45) is 0 Å². The van der Waals surface area contributed by atoms with Crippen LogP contribution in [0.4, 0.5) is 0 Å². The van der Waals surface area contributed by atoms with Gasteiger partial charge in [-0.25, -0.2) is 0 Å². The highest BCUT2D eigenvalue weighted by molar-refractivity contribution is 5.96. The van der Waals surface area contributed by atoms with Crippen molar-refractivity contribution < 1.29 is 4.79 Å². The highest BCUT2D eigenvalue weighted by Crippen LogP contribution is 2.15. The molecule has 0 unspecified atom stereocenters. The number of rotatable bonds is 4. The molecule has 1 heteroatoms. The summed E-state index contributed by atoms with van der Waals surface area (Å²) in [6.07, 6.45) is 6.08. The predicted molar refractivity (Wildman–Crippen MR) is 62.9 cm³/mol. The number of hydrogen-bond donors (Lipinski definition) is 0. The molecule has 0 saturated carbocycles. The summed E-state index contributed by atoms with van der Waals surface area (Å²) in [7, 11) is 0. The summed E-state index contributed by atoms with van der Waals surface area (Å²) in [5.74, 6) is 3.11. The van der Waals surface area contributed by atoms with Crippen molar-refractivity contribution in [1.82, 2.24) is 0 Å². The molecule has 1 aromatic carbocycles. The maximum atomic E-state index is 11.6. The van der Waals surface area contributed by atoms with Gasteiger partial charge in [0.2, 0.25) is 0 Å². The molecule has 0 radical (unpaired) electrons. The van der Waals surface area contributed by atoms with Gasteiger partial charge in [0.1, 0.15) is 0 Å². The third-order valence-corrected chi connectivity index (χ3v) is 2.40. The second kappa shape index (κ2) is 5.36. The van der Waals surface area contributed by atoms with Crippen LogP contribution in [0.5, 0.6) is 0 Å². The van der Waals surface area contributed by atoms with Crippen LogP contribution in [0, 0.1) is 12.3 Å². The van der Waals surface area contributed by atoms with Gasteiger partial charge in [0, 0.05) is 18.4 Å². The van der Waals surface area contributed by atoms with Crippen molar-refractivity contribution in [2.75, 3.05) is 0 Å². The molecule has 0 fully saturated rings. The van der Waals surface area contributed by atoms with Crippen LogP contribution < -0.4 is 0 Å². The van der Waals surface area contributed by atoms with E-state index in [4.69, 9.17) is 6.42 Å². The Kier molecular flexibility index (Phi) is 4.12. The number of carbonyl (C=O) groups is 1. The first kappa shape index (κ1) is 11.5. The second-order valence-corrected chi connectivity index (χ2v) is 3.90. The number of Topliss-reactive ketones (excluding diaryl/α,β-unsaturated/α-hetero) is 1. The van der Waals surface area contributed by atoms with Crippen LogP contribution in [0.2, 0.25) is 0 Å². The molecule has 1 rings (SSSR count). The molecule has 0 saturated heterocycles. The van der Waals surface area contributed by atoms with E-state index in [2.05, 4.69) is 19.8 Å². The maximum absolute atomic E-state index is 11.6. The minimum atomic E-state index is 0.128. The molecule has 1 nitrogen and oxygen atoms in total. The molecule has 1 aromatic rings. The Balaban J connectivity index is 2.72. The summed E-state index contributed by atoms with van der Waals surface area (Å²) in [4.78, 5) is 11.6. The lowest BCUT2D eigenvalue weighted by Gasteiger charge is -2.05. The summed E-state index contributed by atoms with van der Waals surface area (Å²) >= 11 is 0. The summed E-state index contributed by atoms with van der Waals surface area (Å²) in [6, 6.07) is 7.78. The lowest BCUT2D eigenvalue weighted by Crippen LogP contribution is -1.98. The van der Waals surface area contributed by atoms with E-state index < -0.39 is 0 Å². The lowest BCUT2D eigenvalue weighted by molar-refractivity contribution is 0.0984. The Morgan fingerprint density at radius 2 is 1.93 bits per heavy atom. The van der Waals surface area contributed by atoms with Crippen LogP contribution in [0.15, 0.2) is 24.3 Å². The molecular weight excluding hydrogens is 184 g/mol.